The summed E-state index contributed by atoms with van der Waals surface area (Å²) >= 11 is 0. The molecule has 0 radical (unpaired) electrons. The zero-order valence-electron chi connectivity index (χ0n) is 14.5. The van der Waals surface area contributed by atoms with Gasteiger partial charge in [-0.2, -0.15) is 0 Å². The van der Waals surface area contributed by atoms with Crippen LogP contribution < -0.4 is 4.90 Å². The lowest BCUT2D eigenvalue weighted by atomic mass is 10.1. The van der Waals surface area contributed by atoms with E-state index >= 15 is 0 Å². The highest BCUT2D eigenvalue weighted by molar-refractivity contribution is 6.34. The van der Waals surface area contributed by atoms with Gasteiger partial charge in [0.1, 0.15) is 0 Å². The van der Waals surface area contributed by atoms with Crippen molar-refractivity contribution in [2.75, 3.05) is 11.4 Å². The highest BCUT2D eigenvalue weighted by Crippen LogP contribution is 2.36. The average molecular weight is 329 g/mol. The molecule has 0 atom stereocenters. The van der Waals surface area contributed by atoms with Gasteiger partial charge in [0.2, 0.25) is 0 Å². The second-order valence-corrected chi connectivity index (χ2v) is 6.35. The van der Waals surface area contributed by atoms with Gasteiger partial charge < -0.3 is 10.0 Å². The minimum Gasteiger partial charge on any atom is -0.478 e. The summed E-state index contributed by atoms with van der Waals surface area (Å²) in [5, 5.41) is 8.99. The molecule has 4 nitrogen and oxygen atoms in total. The van der Waals surface area contributed by atoms with Crippen LogP contribution in [0.25, 0.3) is 5.57 Å². The Bertz CT molecular complexity index is 607. The number of fused-ring (bicyclic) bond motifs is 1. The predicted molar refractivity (Wildman–Crippen MR) is 97.0 cm³/mol. The Kier molecular flexibility index (Phi) is 7.04. The molecule has 0 aromatic heterocycles. The summed E-state index contributed by atoms with van der Waals surface area (Å²) in [4.78, 5) is 25.2. The fourth-order valence-corrected chi connectivity index (χ4v) is 3.20. The van der Waals surface area contributed by atoms with Crippen LogP contribution in [0.5, 0.6) is 0 Å². The van der Waals surface area contributed by atoms with Gasteiger partial charge in [-0.25, -0.2) is 4.79 Å². The molecule has 1 aliphatic rings. The topological polar surface area (TPSA) is 57.6 Å². The number of benzene rings is 1. The Morgan fingerprint density at radius 1 is 1.04 bits per heavy atom. The number of carboxylic acid groups (broad SMARTS) is 1. The second kappa shape index (κ2) is 9.26. The van der Waals surface area contributed by atoms with Gasteiger partial charge >= 0.3 is 5.97 Å². The monoisotopic (exact) mass is 329 g/mol. The Labute approximate surface area is 144 Å². The molecule has 0 unspecified atom stereocenters. The van der Waals surface area contributed by atoms with Gasteiger partial charge in [0.15, 0.2) is 0 Å². The van der Waals surface area contributed by atoms with E-state index in [1.165, 1.54) is 38.5 Å². The van der Waals surface area contributed by atoms with E-state index in [9.17, 15) is 9.59 Å². The Balaban J connectivity index is 1.87. The number of para-hydroxylation sites is 1. The van der Waals surface area contributed by atoms with E-state index in [-0.39, 0.29) is 11.5 Å². The molecule has 24 heavy (non-hydrogen) atoms. The largest absolute Gasteiger partial charge is 0.478 e. The third-order valence-corrected chi connectivity index (χ3v) is 4.46. The first kappa shape index (κ1) is 18.2. The van der Waals surface area contributed by atoms with Crippen LogP contribution in [0.3, 0.4) is 0 Å². The smallest absolute Gasteiger partial charge is 0.329 e. The number of hydrogen-bond donors (Lipinski definition) is 1. The third kappa shape index (κ3) is 4.70. The SMILES string of the molecule is CCCCCCCCCCN1C(=O)/C(=C/C(=O)O)c2ccccc21. The lowest BCUT2D eigenvalue weighted by molar-refractivity contribution is -0.131. The normalized spacial score (nSPS) is 15.1. The highest BCUT2D eigenvalue weighted by atomic mass is 16.4. The molecule has 0 aliphatic carbocycles. The minimum atomic E-state index is -1.08. The number of rotatable bonds is 10. The molecule has 1 heterocycles. The lowest BCUT2D eigenvalue weighted by Gasteiger charge is -2.16. The first-order valence-corrected chi connectivity index (χ1v) is 9.01. The molecule has 1 N–H and O–H groups in total. The van der Waals surface area contributed by atoms with Crippen molar-refractivity contribution >= 4 is 23.1 Å². The fraction of sp³-hybridized carbons (Fsp3) is 0.500. The maximum Gasteiger partial charge on any atom is 0.329 e. The van der Waals surface area contributed by atoms with E-state index in [1.807, 2.05) is 24.3 Å². The zero-order valence-corrected chi connectivity index (χ0v) is 14.5. The summed E-state index contributed by atoms with van der Waals surface area (Å²) < 4.78 is 0. The van der Waals surface area contributed by atoms with Crippen LogP contribution in [0, 0.1) is 0 Å². The van der Waals surface area contributed by atoms with Crippen LogP contribution in [-0.4, -0.2) is 23.5 Å². The van der Waals surface area contributed by atoms with Crippen molar-refractivity contribution in [1.82, 2.24) is 0 Å². The number of carbonyl (C=O) groups is 2. The molecule has 1 aliphatic heterocycles. The van der Waals surface area contributed by atoms with Gasteiger partial charge in [-0.05, 0) is 12.5 Å². The van der Waals surface area contributed by atoms with Gasteiger partial charge in [-0.1, -0.05) is 70.1 Å². The molecule has 1 aromatic carbocycles. The summed E-state index contributed by atoms with van der Waals surface area (Å²) in [7, 11) is 0. The Morgan fingerprint density at radius 2 is 1.67 bits per heavy atom. The van der Waals surface area contributed by atoms with Crippen LogP contribution in [0.1, 0.15) is 63.9 Å². The number of nitrogens with zero attached hydrogens (tertiary/aromatic N) is 1. The zero-order chi connectivity index (χ0) is 17.4. The number of carbonyl (C=O) groups excluding carboxylic acids is 1. The van der Waals surface area contributed by atoms with Crippen LogP contribution in [0.4, 0.5) is 5.69 Å². The molecular weight excluding hydrogens is 302 g/mol. The maximum absolute atomic E-state index is 12.5. The van der Waals surface area contributed by atoms with Crippen LogP contribution >= 0.6 is 0 Å². The van der Waals surface area contributed by atoms with Crippen LogP contribution in [-0.2, 0) is 9.59 Å². The molecular formula is C20H27NO3. The van der Waals surface area contributed by atoms with Gasteiger partial charge in [-0.15, -0.1) is 0 Å². The number of anilines is 1. The molecule has 1 aromatic rings. The molecule has 0 saturated carbocycles. The van der Waals surface area contributed by atoms with E-state index in [0.717, 1.165) is 30.2 Å². The van der Waals surface area contributed by atoms with Crippen molar-refractivity contribution in [3.8, 4) is 0 Å². The van der Waals surface area contributed by atoms with E-state index < -0.39 is 5.97 Å². The number of amides is 1. The van der Waals surface area contributed by atoms with Crippen molar-refractivity contribution < 1.29 is 14.7 Å². The number of aliphatic carboxylic acids is 1. The van der Waals surface area contributed by atoms with Gasteiger partial charge in [0.25, 0.3) is 5.91 Å². The summed E-state index contributed by atoms with van der Waals surface area (Å²) in [5.41, 5.74) is 1.85. The van der Waals surface area contributed by atoms with Crippen molar-refractivity contribution in [3.05, 3.63) is 35.9 Å². The summed E-state index contributed by atoms with van der Waals surface area (Å²) in [6, 6.07) is 7.43. The maximum atomic E-state index is 12.5. The predicted octanol–water partition coefficient (Wildman–Crippen LogP) is 4.64. The van der Waals surface area contributed by atoms with Crippen LogP contribution in [0.15, 0.2) is 30.3 Å². The summed E-state index contributed by atoms with van der Waals surface area (Å²) in [6.45, 7) is 2.87. The minimum absolute atomic E-state index is 0.193. The van der Waals surface area contributed by atoms with Crippen LogP contribution in [0.2, 0.25) is 0 Å². The summed E-state index contributed by atoms with van der Waals surface area (Å²) in [6.07, 6.45) is 10.7. The molecule has 2 rings (SSSR count). The van der Waals surface area contributed by atoms with Gasteiger partial charge in [-0.3, -0.25) is 4.79 Å². The first-order valence-electron chi connectivity index (χ1n) is 9.01. The standard InChI is InChI=1S/C20H27NO3/c1-2-3-4-5-6-7-8-11-14-21-18-13-10-9-12-16(18)17(20(21)24)15-19(22)23/h9-10,12-13,15H,2-8,11,14H2,1H3,(H,22,23)/b17-15+. The number of carboxylic acids is 1. The van der Waals surface area contributed by atoms with E-state index in [1.54, 1.807) is 4.90 Å². The van der Waals surface area contributed by atoms with E-state index in [0.29, 0.717) is 6.54 Å². The quantitative estimate of drug-likeness (QED) is 0.502. The van der Waals surface area contributed by atoms with E-state index in [2.05, 4.69) is 6.92 Å². The molecule has 0 saturated heterocycles. The highest BCUT2D eigenvalue weighted by Gasteiger charge is 2.31. The van der Waals surface area contributed by atoms with Gasteiger partial charge in [0, 0.05) is 18.2 Å². The molecule has 0 spiro atoms. The Morgan fingerprint density at radius 3 is 2.33 bits per heavy atom. The molecule has 130 valence electrons. The Hall–Kier alpha value is -2.10. The number of hydrogen-bond acceptors (Lipinski definition) is 2. The molecule has 1 amide bonds. The lowest BCUT2D eigenvalue weighted by Crippen LogP contribution is -2.27. The third-order valence-electron chi connectivity index (χ3n) is 4.46. The second-order valence-electron chi connectivity index (χ2n) is 6.35. The van der Waals surface area contributed by atoms with Crippen molar-refractivity contribution in [3.63, 3.8) is 0 Å². The first-order chi connectivity index (χ1) is 11.6. The molecule has 0 bridgehead atoms. The van der Waals surface area contributed by atoms with Crippen molar-refractivity contribution in [2.24, 2.45) is 0 Å². The fourth-order valence-electron chi connectivity index (χ4n) is 3.20. The van der Waals surface area contributed by atoms with E-state index in [4.69, 9.17) is 5.11 Å². The molecule has 4 heteroatoms. The summed E-state index contributed by atoms with van der Waals surface area (Å²) in [5.74, 6) is -1.27. The number of unbranched alkanes of at least 4 members (excludes halogenated alkanes) is 7. The average Bonchev–Trinajstić information content (AvgIpc) is 2.82. The van der Waals surface area contributed by atoms with Gasteiger partial charge in [0.05, 0.1) is 11.3 Å². The van der Waals surface area contributed by atoms with Crippen molar-refractivity contribution in [2.45, 2.75) is 58.3 Å². The van der Waals surface area contributed by atoms with Crippen molar-refractivity contribution in [1.29, 1.82) is 0 Å². The molecule has 0 fully saturated rings.